The molecule has 0 aliphatic carbocycles. The zero-order valence-corrected chi connectivity index (χ0v) is 24.7. The molecule has 0 bridgehead atoms. The van der Waals surface area contributed by atoms with E-state index in [1.165, 1.54) is 38.7 Å². The van der Waals surface area contributed by atoms with E-state index >= 15 is 0 Å². The van der Waals surface area contributed by atoms with Crippen LogP contribution in [0.1, 0.15) is 32.8 Å². The molecule has 0 aliphatic heterocycles. The number of aromatic nitrogens is 4. The summed E-state index contributed by atoms with van der Waals surface area (Å²) in [6, 6.07) is 15.0. The van der Waals surface area contributed by atoms with Crippen LogP contribution >= 0.6 is 0 Å². The molecule has 2 N–H and O–H groups in total. The summed E-state index contributed by atoms with van der Waals surface area (Å²) < 4.78 is 47.2. The van der Waals surface area contributed by atoms with Crippen molar-refractivity contribution in [2.45, 2.75) is 37.5 Å². The van der Waals surface area contributed by atoms with Crippen molar-refractivity contribution in [1.29, 1.82) is 0 Å². The fourth-order valence-corrected chi connectivity index (χ4v) is 4.71. The van der Waals surface area contributed by atoms with Crippen LogP contribution in [-0.2, 0) is 20.2 Å². The Morgan fingerprint density at radius 3 is 2.19 bits per heavy atom. The van der Waals surface area contributed by atoms with E-state index in [0.717, 1.165) is 5.56 Å². The third-order valence-electron chi connectivity index (χ3n) is 5.99. The van der Waals surface area contributed by atoms with Crippen LogP contribution in [0, 0.1) is 0 Å². The molecule has 0 unspecified atom stereocenters. The Morgan fingerprint density at radius 2 is 1.57 bits per heavy atom. The molecule has 2 aromatic heterocycles. The van der Waals surface area contributed by atoms with E-state index in [4.69, 9.17) is 14.2 Å². The van der Waals surface area contributed by atoms with Gasteiger partial charge in [0.2, 0.25) is 17.5 Å². The molecule has 13 heteroatoms. The van der Waals surface area contributed by atoms with Gasteiger partial charge in [-0.25, -0.2) is 23.4 Å². The van der Waals surface area contributed by atoms with Crippen LogP contribution in [0.25, 0.3) is 11.6 Å². The first-order chi connectivity index (χ1) is 20.0. The van der Waals surface area contributed by atoms with Gasteiger partial charge in [0.25, 0.3) is 15.9 Å². The van der Waals surface area contributed by atoms with E-state index in [2.05, 4.69) is 30.0 Å². The molecule has 0 aliphatic rings. The van der Waals surface area contributed by atoms with Crippen LogP contribution in [0.5, 0.6) is 23.1 Å². The number of anilines is 1. The number of carbonyl (C=O) groups is 1. The van der Waals surface area contributed by atoms with Gasteiger partial charge in [-0.1, -0.05) is 45.0 Å². The van der Waals surface area contributed by atoms with E-state index in [1.54, 1.807) is 42.5 Å². The smallest absolute Gasteiger partial charge is 0.263 e. The molecule has 220 valence electrons. The van der Waals surface area contributed by atoms with E-state index in [0.29, 0.717) is 5.75 Å². The second-order valence-electron chi connectivity index (χ2n) is 10.0. The molecule has 0 fully saturated rings. The van der Waals surface area contributed by atoms with Gasteiger partial charge in [-0.3, -0.25) is 9.52 Å². The number of benzene rings is 2. The van der Waals surface area contributed by atoms with Crippen molar-refractivity contribution in [3.8, 4) is 34.8 Å². The van der Waals surface area contributed by atoms with Crippen LogP contribution < -0.4 is 24.2 Å². The van der Waals surface area contributed by atoms with Gasteiger partial charge in [0.05, 0.1) is 25.0 Å². The second-order valence-corrected chi connectivity index (χ2v) is 11.7. The molecule has 0 spiro atoms. The summed E-state index contributed by atoms with van der Waals surface area (Å²) in [5, 5.41) is 2.52. The number of ether oxygens (including phenoxy) is 3. The number of sulfonamides is 1. The average molecular weight is 593 g/mol. The maximum Gasteiger partial charge on any atom is 0.263 e. The third kappa shape index (κ3) is 7.29. The molecule has 42 heavy (non-hydrogen) atoms. The summed E-state index contributed by atoms with van der Waals surface area (Å²) in [7, 11) is -1.19. The number of nitrogens with zero attached hydrogens (tertiary/aromatic N) is 4. The summed E-state index contributed by atoms with van der Waals surface area (Å²) in [4.78, 5) is 29.1. The molecule has 4 rings (SSSR count). The molecule has 0 saturated carbocycles. The number of carbonyl (C=O) groups excluding carboxylic acids is 1. The lowest BCUT2D eigenvalue weighted by Crippen LogP contribution is -2.20. The van der Waals surface area contributed by atoms with Gasteiger partial charge in [0.1, 0.15) is 0 Å². The van der Waals surface area contributed by atoms with Crippen molar-refractivity contribution in [2.24, 2.45) is 0 Å². The number of methoxy groups -OCH3 is 1. The van der Waals surface area contributed by atoms with Crippen LogP contribution in [0.3, 0.4) is 0 Å². The van der Waals surface area contributed by atoms with Crippen LogP contribution in [0.2, 0.25) is 0 Å². The van der Waals surface area contributed by atoms with E-state index < -0.39 is 10.0 Å². The summed E-state index contributed by atoms with van der Waals surface area (Å²) in [5.41, 5.74) is 0.808. The van der Waals surface area contributed by atoms with Crippen molar-refractivity contribution in [2.75, 3.05) is 25.5 Å². The summed E-state index contributed by atoms with van der Waals surface area (Å²) in [6.07, 6.45) is 3.00. The van der Waals surface area contributed by atoms with Gasteiger partial charge in [0, 0.05) is 19.4 Å². The van der Waals surface area contributed by atoms with E-state index in [-0.39, 0.29) is 64.1 Å². The minimum atomic E-state index is -4.17. The molecule has 4 aromatic rings. The van der Waals surface area contributed by atoms with E-state index in [1.807, 2.05) is 20.8 Å². The number of hydrogen-bond donors (Lipinski definition) is 2. The highest BCUT2D eigenvalue weighted by atomic mass is 32.2. The van der Waals surface area contributed by atoms with Gasteiger partial charge in [0.15, 0.2) is 23.1 Å². The fraction of sp³-hybridized carbons (Fsp3) is 0.276. The molecular weight excluding hydrogens is 560 g/mol. The van der Waals surface area contributed by atoms with Gasteiger partial charge < -0.3 is 19.5 Å². The first-order valence-electron chi connectivity index (χ1n) is 13.0. The molecule has 1 amide bonds. The molecule has 2 heterocycles. The van der Waals surface area contributed by atoms with Crippen molar-refractivity contribution in [3.63, 3.8) is 0 Å². The monoisotopic (exact) mass is 592 g/mol. The maximum absolute atomic E-state index is 13.6. The van der Waals surface area contributed by atoms with Gasteiger partial charge >= 0.3 is 0 Å². The highest BCUT2D eigenvalue weighted by Gasteiger charge is 2.26. The topological polar surface area (TPSA) is 155 Å². The quantitative estimate of drug-likeness (QED) is 0.257. The molecule has 0 radical (unpaired) electrons. The zero-order valence-electron chi connectivity index (χ0n) is 23.9. The lowest BCUT2D eigenvalue weighted by atomic mass is 9.87. The summed E-state index contributed by atoms with van der Waals surface area (Å²) >= 11 is 0. The summed E-state index contributed by atoms with van der Waals surface area (Å²) in [6.45, 7) is 6.02. The minimum Gasteiger partial charge on any atom is -0.493 e. The Hall–Kier alpha value is -4.78. The predicted molar refractivity (Wildman–Crippen MR) is 156 cm³/mol. The van der Waals surface area contributed by atoms with E-state index in [9.17, 15) is 13.2 Å². The Labute approximate surface area is 244 Å². The predicted octanol–water partition coefficient (Wildman–Crippen LogP) is 4.35. The van der Waals surface area contributed by atoms with Crippen LogP contribution in [-0.4, -0.2) is 55.0 Å². The first-order valence-corrected chi connectivity index (χ1v) is 14.5. The van der Waals surface area contributed by atoms with Gasteiger partial charge in [-0.15, -0.1) is 0 Å². The SMILES string of the molecule is CNC(=O)CCOc1nc(-c2ncccn2)nc(NS(=O)(=O)c2ccc(C(C)(C)C)cc2)c1Oc1ccccc1OC. The van der Waals surface area contributed by atoms with Crippen molar-refractivity contribution in [3.05, 3.63) is 72.6 Å². The molecule has 0 saturated heterocycles. The third-order valence-corrected chi connectivity index (χ3v) is 7.34. The fourth-order valence-electron chi connectivity index (χ4n) is 3.70. The first kappa shape index (κ1) is 30.2. The zero-order chi connectivity index (χ0) is 30.3. The standard InChI is InChI=1S/C29H32N6O6S/c1-29(2,3)19-11-13-20(14-12-19)42(37,38)35-25-24(41-22-10-7-6-9-21(22)39-5)28(40-18-15-23(36)30-4)34-27(33-25)26-31-16-8-17-32-26/h6-14,16-17H,15,18H2,1-5H3,(H,30,36)(H,33,34,35). The average Bonchev–Trinajstić information content (AvgIpc) is 2.98. The van der Waals surface area contributed by atoms with Crippen molar-refractivity contribution in [1.82, 2.24) is 25.3 Å². The number of amides is 1. The number of nitrogens with one attached hydrogen (secondary N) is 2. The van der Waals surface area contributed by atoms with Crippen LogP contribution in [0.4, 0.5) is 5.82 Å². The highest BCUT2D eigenvalue weighted by molar-refractivity contribution is 7.92. The van der Waals surface area contributed by atoms with Crippen molar-refractivity contribution >= 4 is 21.7 Å². The number of para-hydroxylation sites is 2. The van der Waals surface area contributed by atoms with Gasteiger partial charge in [-0.05, 0) is 41.3 Å². The Balaban J connectivity index is 1.85. The highest BCUT2D eigenvalue weighted by Crippen LogP contribution is 2.41. The molecule has 0 atom stereocenters. The number of rotatable bonds is 11. The number of hydrogen-bond acceptors (Lipinski definition) is 10. The Kier molecular flexibility index (Phi) is 9.21. The largest absolute Gasteiger partial charge is 0.493 e. The minimum absolute atomic E-state index is 0.00690. The normalized spacial score (nSPS) is 11.5. The lowest BCUT2D eigenvalue weighted by molar-refractivity contribution is -0.121. The lowest BCUT2D eigenvalue weighted by Gasteiger charge is -2.20. The summed E-state index contributed by atoms with van der Waals surface area (Å²) in [5.74, 6) is -0.0646. The van der Waals surface area contributed by atoms with Crippen LogP contribution in [0.15, 0.2) is 71.9 Å². The molecule has 2 aromatic carbocycles. The Morgan fingerprint density at radius 1 is 0.905 bits per heavy atom. The molecular formula is C29H32N6O6S. The second kappa shape index (κ2) is 12.8. The molecule has 12 nitrogen and oxygen atoms in total. The van der Waals surface area contributed by atoms with Gasteiger partial charge in [-0.2, -0.15) is 4.98 Å². The Bertz CT molecular complexity index is 1640. The maximum atomic E-state index is 13.6. The van der Waals surface area contributed by atoms with Crippen molar-refractivity contribution < 1.29 is 27.4 Å².